The molecular formula is C21H27N3O2. The maximum absolute atomic E-state index is 12.6. The summed E-state index contributed by atoms with van der Waals surface area (Å²) in [6, 6.07) is 11.9. The number of amides is 2. The number of carbonyl (C=O) groups excluding carboxylic acids is 2. The summed E-state index contributed by atoms with van der Waals surface area (Å²) in [5.74, 6) is 0.125. The molecule has 0 atom stereocenters. The first-order valence-electron chi connectivity index (χ1n) is 9.14. The first-order chi connectivity index (χ1) is 12.3. The highest BCUT2D eigenvalue weighted by Gasteiger charge is 2.25. The molecule has 138 valence electrons. The number of carbonyl (C=O) groups is 2. The van der Waals surface area contributed by atoms with Gasteiger partial charge in [0.1, 0.15) is 5.69 Å². The average Bonchev–Trinajstić information content (AvgIpc) is 3.15. The zero-order valence-electron chi connectivity index (χ0n) is 15.8. The van der Waals surface area contributed by atoms with Crippen LogP contribution in [0.2, 0.25) is 0 Å². The van der Waals surface area contributed by atoms with Gasteiger partial charge in [0.15, 0.2) is 0 Å². The number of nitrogens with zero attached hydrogens (tertiary/aromatic N) is 2. The van der Waals surface area contributed by atoms with E-state index in [1.165, 1.54) is 5.56 Å². The van der Waals surface area contributed by atoms with E-state index in [0.29, 0.717) is 38.3 Å². The van der Waals surface area contributed by atoms with E-state index in [1.807, 2.05) is 23.1 Å². The first-order valence-corrected chi connectivity index (χ1v) is 9.14. The van der Waals surface area contributed by atoms with Crippen molar-refractivity contribution in [2.75, 3.05) is 26.2 Å². The van der Waals surface area contributed by atoms with E-state index in [0.717, 1.165) is 5.56 Å². The molecule has 1 N–H and O–H groups in total. The van der Waals surface area contributed by atoms with Gasteiger partial charge in [0.05, 0.1) is 6.42 Å². The third-order valence-electron chi connectivity index (χ3n) is 4.92. The number of benzene rings is 1. The summed E-state index contributed by atoms with van der Waals surface area (Å²) in [7, 11) is 0. The molecule has 1 fully saturated rings. The molecule has 0 saturated carbocycles. The van der Waals surface area contributed by atoms with E-state index in [4.69, 9.17) is 0 Å². The highest BCUT2D eigenvalue weighted by molar-refractivity contribution is 5.92. The number of aromatic amines is 1. The lowest BCUT2D eigenvalue weighted by Gasteiger charge is -2.34. The Bertz CT molecular complexity index is 750. The molecule has 0 radical (unpaired) electrons. The van der Waals surface area contributed by atoms with Crippen molar-refractivity contribution in [3.63, 3.8) is 0 Å². The minimum absolute atomic E-state index is 0.000122. The van der Waals surface area contributed by atoms with Crippen molar-refractivity contribution in [2.45, 2.75) is 32.6 Å². The van der Waals surface area contributed by atoms with Crippen LogP contribution < -0.4 is 0 Å². The van der Waals surface area contributed by atoms with Gasteiger partial charge in [0, 0.05) is 32.4 Å². The molecule has 26 heavy (non-hydrogen) atoms. The topological polar surface area (TPSA) is 56.4 Å². The number of piperazine rings is 1. The maximum Gasteiger partial charge on any atom is 0.270 e. The van der Waals surface area contributed by atoms with Gasteiger partial charge in [-0.1, -0.05) is 45.0 Å². The summed E-state index contributed by atoms with van der Waals surface area (Å²) < 4.78 is 0. The molecule has 0 spiro atoms. The van der Waals surface area contributed by atoms with Gasteiger partial charge in [-0.05, 0) is 28.7 Å². The van der Waals surface area contributed by atoms with Gasteiger partial charge in [0.25, 0.3) is 5.91 Å². The third kappa shape index (κ3) is 4.15. The quantitative estimate of drug-likeness (QED) is 0.922. The van der Waals surface area contributed by atoms with Crippen molar-refractivity contribution in [3.8, 4) is 0 Å². The molecule has 2 aromatic rings. The number of aromatic nitrogens is 1. The Balaban J connectivity index is 1.53. The summed E-state index contributed by atoms with van der Waals surface area (Å²) in [5.41, 5.74) is 3.02. The van der Waals surface area contributed by atoms with Crippen LogP contribution >= 0.6 is 0 Å². The van der Waals surface area contributed by atoms with E-state index >= 15 is 0 Å². The Hall–Kier alpha value is -2.56. The second kappa shape index (κ2) is 7.36. The van der Waals surface area contributed by atoms with Gasteiger partial charge in [-0.25, -0.2) is 0 Å². The van der Waals surface area contributed by atoms with Crippen LogP contribution in [0.4, 0.5) is 0 Å². The fraction of sp³-hybridized carbons (Fsp3) is 0.429. The molecule has 1 aromatic heterocycles. The SMILES string of the molecule is CC(C)(C)c1ccc(CC(=O)N2CCN(C(=O)c3ccc[nH]3)CC2)cc1. The monoisotopic (exact) mass is 353 g/mol. The van der Waals surface area contributed by atoms with Crippen LogP contribution in [0.3, 0.4) is 0 Å². The predicted octanol–water partition coefficient (Wildman–Crippen LogP) is 2.84. The van der Waals surface area contributed by atoms with Crippen molar-refractivity contribution in [1.82, 2.24) is 14.8 Å². The minimum Gasteiger partial charge on any atom is -0.357 e. The van der Waals surface area contributed by atoms with Crippen molar-refractivity contribution in [2.24, 2.45) is 0 Å². The molecule has 0 bridgehead atoms. The fourth-order valence-electron chi connectivity index (χ4n) is 3.20. The molecule has 1 saturated heterocycles. The Morgan fingerprint density at radius 2 is 1.58 bits per heavy atom. The van der Waals surface area contributed by atoms with E-state index in [1.54, 1.807) is 17.2 Å². The van der Waals surface area contributed by atoms with Gasteiger partial charge in [0.2, 0.25) is 5.91 Å². The normalized spacial score (nSPS) is 15.2. The fourth-order valence-corrected chi connectivity index (χ4v) is 3.20. The van der Waals surface area contributed by atoms with Crippen molar-refractivity contribution < 1.29 is 9.59 Å². The van der Waals surface area contributed by atoms with Crippen LogP contribution in [0.5, 0.6) is 0 Å². The summed E-state index contributed by atoms with van der Waals surface area (Å²) in [6.07, 6.45) is 2.16. The lowest BCUT2D eigenvalue weighted by atomic mass is 9.86. The van der Waals surface area contributed by atoms with Gasteiger partial charge < -0.3 is 14.8 Å². The molecule has 1 aliphatic heterocycles. The molecule has 5 heteroatoms. The van der Waals surface area contributed by atoms with Gasteiger partial charge in [-0.3, -0.25) is 9.59 Å². The van der Waals surface area contributed by atoms with Gasteiger partial charge in [-0.15, -0.1) is 0 Å². The minimum atomic E-state index is -0.000122. The van der Waals surface area contributed by atoms with E-state index in [2.05, 4.69) is 37.9 Å². The van der Waals surface area contributed by atoms with Crippen molar-refractivity contribution in [3.05, 3.63) is 59.4 Å². The number of nitrogens with one attached hydrogen (secondary N) is 1. The maximum atomic E-state index is 12.6. The number of hydrogen-bond donors (Lipinski definition) is 1. The Kier molecular flexibility index (Phi) is 5.16. The third-order valence-corrected chi connectivity index (χ3v) is 4.92. The van der Waals surface area contributed by atoms with E-state index in [-0.39, 0.29) is 17.2 Å². The molecule has 0 aliphatic carbocycles. The summed E-state index contributed by atoms with van der Waals surface area (Å²) in [5, 5.41) is 0. The number of H-pyrrole nitrogens is 1. The van der Waals surface area contributed by atoms with Crippen LogP contribution in [-0.2, 0) is 16.6 Å². The molecule has 1 aliphatic rings. The molecule has 3 rings (SSSR count). The van der Waals surface area contributed by atoms with Gasteiger partial charge >= 0.3 is 0 Å². The molecule has 2 heterocycles. The second-order valence-electron chi connectivity index (χ2n) is 7.88. The Labute approximate surface area is 155 Å². The number of hydrogen-bond acceptors (Lipinski definition) is 2. The largest absolute Gasteiger partial charge is 0.357 e. The average molecular weight is 353 g/mol. The van der Waals surface area contributed by atoms with Crippen LogP contribution in [-0.4, -0.2) is 52.8 Å². The zero-order valence-corrected chi connectivity index (χ0v) is 15.8. The zero-order chi connectivity index (χ0) is 18.7. The molecule has 5 nitrogen and oxygen atoms in total. The Morgan fingerprint density at radius 3 is 2.12 bits per heavy atom. The molecule has 0 unspecified atom stereocenters. The van der Waals surface area contributed by atoms with Crippen LogP contribution in [0.15, 0.2) is 42.6 Å². The molecular weight excluding hydrogens is 326 g/mol. The Morgan fingerprint density at radius 1 is 0.962 bits per heavy atom. The lowest BCUT2D eigenvalue weighted by molar-refractivity contribution is -0.131. The number of rotatable bonds is 3. The highest BCUT2D eigenvalue weighted by atomic mass is 16.2. The lowest BCUT2D eigenvalue weighted by Crippen LogP contribution is -2.51. The predicted molar refractivity (Wildman–Crippen MR) is 102 cm³/mol. The standard InChI is InChI=1S/C21H27N3O2/c1-21(2,3)17-8-6-16(7-9-17)15-19(25)23-11-13-24(14-12-23)20(26)18-5-4-10-22-18/h4-10,22H,11-15H2,1-3H3. The van der Waals surface area contributed by atoms with Crippen LogP contribution in [0.25, 0.3) is 0 Å². The van der Waals surface area contributed by atoms with Crippen molar-refractivity contribution in [1.29, 1.82) is 0 Å². The van der Waals surface area contributed by atoms with Gasteiger partial charge in [-0.2, -0.15) is 0 Å². The molecule has 1 aromatic carbocycles. The summed E-state index contributed by atoms with van der Waals surface area (Å²) >= 11 is 0. The highest BCUT2D eigenvalue weighted by Crippen LogP contribution is 2.22. The van der Waals surface area contributed by atoms with E-state index in [9.17, 15) is 9.59 Å². The van der Waals surface area contributed by atoms with Crippen molar-refractivity contribution >= 4 is 11.8 Å². The van der Waals surface area contributed by atoms with E-state index < -0.39 is 0 Å². The second-order valence-corrected chi connectivity index (χ2v) is 7.88. The first kappa shape index (κ1) is 18.2. The molecule has 2 amide bonds. The van der Waals surface area contributed by atoms with Crippen LogP contribution in [0, 0.1) is 0 Å². The van der Waals surface area contributed by atoms with Crippen LogP contribution in [0.1, 0.15) is 42.4 Å². The summed E-state index contributed by atoms with van der Waals surface area (Å²) in [6.45, 7) is 8.87. The smallest absolute Gasteiger partial charge is 0.270 e. The summed E-state index contributed by atoms with van der Waals surface area (Å²) in [4.78, 5) is 31.5.